The molecular weight excluding hydrogens is 769 g/mol. The molecule has 0 aliphatic rings. The number of benzene rings is 5. The zero-order valence-electron chi connectivity index (χ0n) is 34.8. The topological polar surface area (TPSA) is 152 Å². The fourth-order valence-electron chi connectivity index (χ4n) is 6.97. The van der Waals surface area contributed by atoms with Crippen molar-refractivity contribution < 1.29 is 33.4 Å². The van der Waals surface area contributed by atoms with Gasteiger partial charge in [-0.2, -0.15) is 0 Å². The van der Waals surface area contributed by atoms with Crippen LogP contribution in [0.15, 0.2) is 164 Å². The quantitative estimate of drug-likeness (QED) is 0.0370. The zero-order valence-corrected chi connectivity index (χ0v) is 34.8. The van der Waals surface area contributed by atoms with Gasteiger partial charge in [0, 0.05) is 25.0 Å². The van der Waals surface area contributed by atoms with E-state index in [2.05, 4.69) is 21.3 Å². The highest BCUT2D eigenvalue weighted by atomic mass is 16.5. The number of amides is 4. The number of nitrogens with one attached hydrogen (secondary N) is 4. The van der Waals surface area contributed by atoms with Crippen LogP contribution >= 0.6 is 0 Å². The summed E-state index contributed by atoms with van der Waals surface area (Å²) in [5.41, 5.74) is 3.06. The van der Waals surface area contributed by atoms with E-state index in [1.165, 1.54) is 12.2 Å². The van der Waals surface area contributed by atoms with Crippen molar-refractivity contribution in [2.45, 2.75) is 70.3 Å². The molecule has 0 spiro atoms. The molecular formula is C50H54N4O7. The van der Waals surface area contributed by atoms with E-state index in [0.717, 1.165) is 27.8 Å². The SMILES string of the molecule is CCOC(=O)/C=C/[C@H](CCC(=O)NC(c1ccccc1)(c1ccccc1)c1ccccc1)NC(=O)[C@H](Cc1ccccc1)NC(=O)[C@@H](NC(=O)OCc1ccccc1)C(C)C. The van der Waals surface area contributed by atoms with Crippen LogP contribution in [0.1, 0.15) is 61.4 Å². The molecule has 0 fully saturated rings. The standard InChI is InChI=1S/C50H54N4O7/c1-4-60-45(56)33-31-42(30-32-44(55)54-50(39-24-14-7-15-25-39,40-26-16-8-17-27-40)41-28-18-9-19-29-41)51-47(57)43(34-37-20-10-5-11-21-37)52-48(58)46(36(2)3)53-49(59)61-35-38-22-12-6-13-23-38/h5-29,31,33,36,42-43,46H,4,30,32,34-35H2,1-3H3,(H,51,57)(H,52,58)(H,53,59)(H,54,55)/b33-31+/t42-,43-,46-/m0/s1. The monoisotopic (exact) mass is 822 g/mol. The second kappa shape index (κ2) is 23.0. The third kappa shape index (κ3) is 13.2. The summed E-state index contributed by atoms with van der Waals surface area (Å²) in [6.07, 6.45) is 2.10. The van der Waals surface area contributed by atoms with Crippen LogP contribution in [0, 0.1) is 5.92 Å². The first-order valence-electron chi connectivity index (χ1n) is 20.5. The Morgan fingerprint density at radius 2 is 1.10 bits per heavy atom. The Hall–Kier alpha value is -7.01. The number of alkyl carbamates (subject to hydrolysis) is 1. The van der Waals surface area contributed by atoms with E-state index in [4.69, 9.17) is 9.47 Å². The summed E-state index contributed by atoms with van der Waals surface area (Å²) in [5.74, 6) is -2.42. The number of ether oxygens (including phenoxy) is 2. The third-order valence-corrected chi connectivity index (χ3v) is 10.1. The highest BCUT2D eigenvalue weighted by Gasteiger charge is 2.38. The highest BCUT2D eigenvalue weighted by molar-refractivity contribution is 5.92. The molecule has 0 aliphatic carbocycles. The van der Waals surface area contributed by atoms with Crippen LogP contribution in [0.25, 0.3) is 0 Å². The molecule has 11 nitrogen and oxygen atoms in total. The van der Waals surface area contributed by atoms with E-state index >= 15 is 0 Å². The average molecular weight is 823 g/mol. The molecule has 61 heavy (non-hydrogen) atoms. The largest absolute Gasteiger partial charge is 0.463 e. The maximum atomic E-state index is 14.3. The molecule has 5 aromatic carbocycles. The first kappa shape index (κ1) is 45.1. The van der Waals surface area contributed by atoms with E-state index in [1.807, 2.05) is 152 Å². The normalized spacial score (nSPS) is 12.7. The summed E-state index contributed by atoms with van der Waals surface area (Å²) >= 11 is 0. The van der Waals surface area contributed by atoms with Gasteiger partial charge < -0.3 is 30.7 Å². The number of hydrogen-bond donors (Lipinski definition) is 4. The van der Waals surface area contributed by atoms with Crippen molar-refractivity contribution in [1.29, 1.82) is 0 Å². The highest BCUT2D eigenvalue weighted by Crippen LogP contribution is 2.37. The van der Waals surface area contributed by atoms with Gasteiger partial charge >= 0.3 is 12.1 Å². The van der Waals surface area contributed by atoms with Crippen molar-refractivity contribution in [2.24, 2.45) is 5.92 Å². The average Bonchev–Trinajstić information content (AvgIpc) is 3.28. The molecule has 0 aromatic heterocycles. The predicted octanol–water partition coefficient (Wildman–Crippen LogP) is 7.16. The van der Waals surface area contributed by atoms with E-state index < -0.39 is 47.5 Å². The van der Waals surface area contributed by atoms with Crippen LogP contribution in [0.3, 0.4) is 0 Å². The minimum atomic E-state index is -1.10. The van der Waals surface area contributed by atoms with Gasteiger partial charge in [-0.25, -0.2) is 9.59 Å². The molecule has 5 rings (SSSR count). The molecule has 0 aliphatic heterocycles. The Bertz CT molecular complexity index is 2090. The third-order valence-electron chi connectivity index (χ3n) is 10.1. The Balaban J connectivity index is 1.37. The van der Waals surface area contributed by atoms with Crippen LogP contribution < -0.4 is 21.3 Å². The lowest BCUT2D eigenvalue weighted by atomic mass is 9.77. The van der Waals surface area contributed by atoms with Gasteiger partial charge in [0.25, 0.3) is 0 Å². The summed E-state index contributed by atoms with van der Waals surface area (Å²) < 4.78 is 10.5. The van der Waals surface area contributed by atoms with Crippen molar-refractivity contribution in [3.63, 3.8) is 0 Å². The van der Waals surface area contributed by atoms with Crippen molar-refractivity contribution in [1.82, 2.24) is 21.3 Å². The van der Waals surface area contributed by atoms with Gasteiger partial charge in [-0.3, -0.25) is 14.4 Å². The number of rotatable bonds is 20. The Kier molecular flexibility index (Phi) is 17.0. The first-order chi connectivity index (χ1) is 29.6. The molecule has 0 saturated heterocycles. The fourth-order valence-corrected chi connectivity index (χ4v) is 6.97. The molecule has 3 atom stereocenters. The summed E-state index contributed by atoms with van der Waals surface area (Å²) in [6.45, 7) is 5.41. The van der Waals surface area contributed by atoms with E-state index in [9.17, 15) is 24.0 Å². The van der Waals surface area contributed by atoms with Gasteiger partial charge in [-0.1, -0.05) is 172 Å². The second-order valence-electron chi connectivity index (χ2n) is 14.8. The van der Waals surface area contributed by atoms with Gasteiger partial charge in [0.1, 0.15) is 24.2 Å². The van der Waals surface area contributed by atoms with Gasteiger partial charge in [0.05, 0.1) is 6.61 Å². The first-order valence-corrected chi connectivity index (χ1v) is 20.5. The Morgan fingerprint density at radius 1 is 0.607 bits per heavy atom. The van der Waals surface area contributed by atoms with Gasteiger partial charge in [0.2, 0.25) is 17.7 Å². The molecule has 0 unspecified atom stereocenters. The summed E-state index contributed by atoms with van der Waals surface area (Å²) in [5, 5.41) is 11.8. The zero-order chi connectivity index (χ0) is 43.5. The van der Waals surface area contributed by atoms with Crippen molar-refractivity contribution in [2.75, 3.05) is 6.61 Å². The molecule has 0 heterocycles. The van der Waals surface area contributed by atoms with Gasteiger partial charge in [0.15, 0.2) is 0 Å². The molecule has 11 heteroatoms. The van der Waals surface area contributed by atoms with Crippen LogP contribution in [-0.2, 0) is 47.2 Å². The van der Waals surface area contributed by atoms with Crippen LogP contribution in [0.5, 0.6) is 0 Å². The van der Waals surface area contributed by atoms with Crippen LogP contribution in [0.2, 0.25) is 0 Å². The van der Waals surface area contributed by atoms with Crippen molar-refractivity contribution >= 4 is 29.8 Å². The minimum Gasteiger partial charge on any atom is -0.463 e. The number of esters is 1. The molecule has 0 radical (unpaired) electrons. The number of carbonyl (C=O) groups excluding carboxylic acids is 5. The van der Waals surface area contributed by atoms with E-state index in [0.29, 0.717) is 0 Å². The lowest BCUT2D eigenvalue weighted by Gasteiger charge is -2.37. The molecule has 316 valence electrons. The molecule has 4 N–H and O–H groups in total. The van der Waals surface area contributed by atoms with Gasteiger partial charge in [-0.15, -0.1) is 0 Å². The summed E-state index contributed by atoms with van der Waals surface area (Å²) in [4.78, 5) is 67.8. The molecule has 0 bridgehead atoms. The molecule has 4 amide bonds. The smallest absolute Gasteiger partial charge is 0.408 e. The lowest BCUT2D eigenvalue weighted by molar-refractivity contribution is -0.137. The molecule has 5 aromatic rings. The minimum absolute atomic E-state index is 0.0165. The maximum Gasteiger partial charge on any atom is 0.408 e. The fraction of sp³-hybridized carbons (Fsp3) is 0.260. The number of carbonyl (C=O) groups is 5. The van der Waals surface area contributed by atoms with E-state index in [1.54, 1.807) is 20.8 Å². The Morgan fingerprint density at radius 3 is 1.59 bits per heavy atom. The molecule has 0 saturated carbocycles. The van der Waals surface area contributed by atoms with Crippen molar-refractivity contribution in [3.8, 4) is 0 Å². The lowest BCUT2D eigenvalue weighted by Crippen LogP contribution is -2.57. The maximum absolute atomic E-state index is 14.3. The van der Waals surface area contributed by atoms with E-state index in [-0.39, 0.29) is 44.3 Å². The van der Waals surface area contributed by atoms with Crippen LogP contribution in [0.4, 0.5) is 4.79 Å². The summed E-state index contributed by atoms with van der Waals surface area (Å²) in [6, 6.07) is 44.5. The van der Waals surface area contributed by atoms with Gasteiger partial charge in [-0.05, 0) is 47.1 Å². The Labute approximate surface area is 358 Å². The van der Waals surface area contributed by atoms with Crippen LogP contribution in [-0.4, -0.2) is 54.5 Å². The number of hydrogen-bond acceptors (Lipinski definition) is 7. The predicted molar refractivity (Wildman–Crippen MR) is 235 cm³/mol. The second-order valence-corrected chi connectivity index (χ2v) is 14.8. The van der Waals surface area contributed by atoms with Crippen molar-refractivity contribution in [3.05, 3.63) is 192 Å². The summed E-state index contributed by atoms with van der Waals surface area (Å²) in [7, 11) is 0.